The van der Waals surface area contributed by atoms with E-state index < -0.39 is 0 Å². The van der Waals surface area contributed by atoms with Gasteiger partial charge < -0.3 is 4.90 Å². The highest BCUT2D eigenvalue weighted by Crippen LogP contribution is 2.31. The summed E-state index contributed by atoms with van der Waals surface area (Å²) in [7, 11) is 0. The van der Waals surface area contributed by atoms with Gasteiger partial charge in [0, 0.05) is 41.2 Å². The maximum absolute atomic E-state index is 12.6. The maximum Gasteiger partial charge on any atom is 0.227 e. The third-order valence-electron chi connectivity index (χ3n) is 4.47. The molecule has 1 fully saturated rings. The summed E-state index contributed by atoms with van der Waals surface area (Å²) < 4.78 is 0. The summed E-state index contributed by atoms with van der Waals surface area (Å²) in [4.78, 5) is 29.5. The lowest BCUT2D eigenvalue weighted by Gasteiger charge is -2.36. The maximum atomic E-state index is 12.6. The van der Waals surface area contributed by atoms with Gasteiger partial charge >= 0.3 is 0 Å². The standard InChI is InChI=1S/C19H26N4OS/c1-12-10-20-17(25-12)16-9-15(21-13(2)22-16)14-7-6-8-23(11-14)18(24)19(3,4)5/h9-10,14H,6-8,11H2,1-5H3/t14-/m0/s1. The molecule has 0 N–H and O–H groups in total. The van der Waals surface area contributed by atoms with Crippen molar-refractivity contribution in [3.63, 3.8) is 0 Å². The van der Waals surface area contributed by atoms with Gasteiger partial charge in [0.05, 0.1) is 0 Å². The van der Waals surface area contributed by atoms with Crippen LogP contribution in [-0.4, -0.2) is 38.8 Å². The Bertz CT molecular complexity index is 778. The predicted octanol–water partition coefficient (Wildman–Crippen LogP) is 3.97. The van der Waals surface area contributed by atoms with Crippen LogP contribution in [0.2, 0.25) is 0 Å². The van der Waals surface area contributed by atoms with E-state index in [0.717, 1.165) is 48.2 Å². The lowest BCUT2D eigenvalue weighted by atomic mass is 9.89. The molecule has 1 saturated heterocycles. The first-order valence-electron chi connectivity index (χ1n) is 8.82. The van der Waals surface area contributed by atoms with Crippen LogP contribution in [0.1, 0.15) is 55.9 Å². The molecule has 0 unspecified atom stereocenters. The van der Waals surface area contributed by atoms with Crippen LogP contribution < -0.4 is 0 Å². The van der Waals surface area contributed by atoms with Gasteiger partial charge in [0.1, 0.15) is 16.5 Å². The van der Waals surface area contributed by atoms with Crippen molar-refractivity contribution in [1.82, 2.24) is 19.9 Å². The Hall–Kier alpha value is -1.82. The van der Waals surface area contributed by atoms with Gasteiger partial charge in [-0.15, -0.1) is 11.3 Å². The number of piperidine rings is 1. The molecule has 6 heteroatoms. The van der Waals surface area contributed by atoms with Gasteiger partial charge in [-0.2, -0.15) is 0 Å². The zero-order chi connectivity index (χ0) is 18.2. The molecule has 3 rings (SSSR count). The smallest absolute Gasteiger partial charge is 0.227 e. The van der Waals surface area contributed by atoms with E-state index in [-0.39, 0.29) is 17.2 Å². The molecule has 134 valence electrons. The van der Waals surface area contributed by atoms with Gasteiger partial charge in [0.25, 0.3) is 0 Å². The zero-order valence-corrected chi connectivity index (χ0v) is 16.5. The first kappa shape index (κ1) is 18.0. The monoisotopic (exact) mass is 358 g/mol. The summed E-state index contributed by atoms with van der Waals surface area (Å²) in [6.07, 6.45) is 3.95. The van der Waals surface area contributed by atoms with E-state index in [0.29, 0.717) is 0 Å². The molecule has 0 spiro atoms. The van der Waals surface area contributed by atoms with E-state index in [9.17, 15) is 4.79 Å². The minimum Gasteiger partial charge on any atom is -0.342 e. The van der Waals surface area contributed by atoms with E-state index >= 15 is 0 Å². The van der Waals surface area contributed by atoms with E-state index in [1.807, 2.05) is 45.7 Å². The summed E-state index contributed by atoms with van der Waals surface area (Å²) in [5.74, 6) is 1.25. The molecular weight excluding hydrogens is 332 g/mol. The number of carbonyl (C=O) groups is 1. The van der Waals surface area contributed by atoms with Crippen molar-refractivity contribution < 1.29 is 4.79 Å². The molecule has 0 aliphatic carbocycles. The SMILES string of the molecule is Cc1nc(-c2ncc(C)s2)cc([C@H]2CCCN(C(=O)C(C)(C)C)C2)n1. The number of aromatic nitrogens is 3. The zero-order valence-electron chi connectivity index (χ0n) is 15.7. The summed E-state index contributed by atoms with van der Waals surface area (Å²) in [6, 6.07) is 2.06. The predicted molar refractivity (Wildman–Crippen MR) is 101 cm³/mol. The molecule has 0 radical (unpaired) electrons. The van der Waals surface area contributed by atoms with Gasteiger partial charge in [-0.1, -0.05) is 20.8 Å². The third-order valence-corrected chi connectivity index (χ3v) is 5.40. The molecule has 2 aromatic rings. The number of likely N-dealkylation sites (tertiary alicyclic amines) is 1. The number of thiazole rings is 1. The number of aryl methyl sites for hydroxylation is 2. The second-order valence-electron chi connectivity index (χ2n) is 7.84. The van der Waals surface area contributed by atoms with Gasteiger partial charge in [0.2, 0.25) is 5.91 Å². The Labute approximate surface area is 153 Å². The Morgan fingerprint density at radius 3 is 2.68 bits per heavy atom. The summed E-state index contributed by atoms with van der Waals surface area (Å²) in [5, 5.41) is 0.933. The molecule has 0 bridgehead atoms. The molecule has 1 aliphatic rings. The topological polar surface area (TPSA) is 59.0 Å². The summed E-state index contributed by atoms with van der Waals surface area (Å²) >= 11 is 1.65. The number of hydrogen-bond donors (Lipinski definition) is 0. The number of hydrogen-bond acceptors (Lipinski definition) is 5. The van der Waals surface area contributed by atoms with Gasteiger partial charge in [-0.3, -0.25) is 4.79 Å². The van der Waals surface area contributed by atoms with Crippen LogP contribution in [0.3, 0.4) is 0 Å². The summed E-state index contributed by atoms with van der Waals surface area (Å²) in [5.41, 5.74) is 1.58. The van der Waals surface area contributed by atoms with Crippen molar-refractivity contribution in [2.75, 3.05) is 13.1 Å². The normalized spacial score (nSPS) is 18.4. The fourth-order valence-electron chi connectivity index (χ4n) is 3.26. The molecule has 0 saturated carbocycles. The first-order chi connectivity index (χ1) is 11.7. The molecular formula is C19H26N4OS. The van der Waals surface area contributed by atoms with Crippen molar-refractivity contribution >= 4 is 17.2 Å². The van der Waals surface area contributed by atoms with Crippen LogP contribution in [-0.2, 0) is 4.79 Å². The van der Waals surface area contributed by atoms with Crippen LogP contribution in [0.4, 0.5) is 0 Å². The highest BCUT2D eigenvalue weighted by atomic mass is 32.1. The fourth-order valence-corrected chi connectivity index (χ4v) is 3.98. The second kappa shape index (κ2) is 6.83. The Morgan fingerprint density at radius 1 is 1.28 bits per heavy atom. The lowest BCUT2D eigenvalue weighted by Crippen LogP contribution is -2.44. The van der Waals surface area contributed by atoms with Crippen LogP contribution in [0, 0.1) is 19.3 Å². The van der Waals surface area contributed by atoms with E-state index in [1.54, 1.807) is 11.3 Å². The Kier molecular flexibility index (Phi) is 4.91. The van der Waals surface area contributed by atoms with Crippen molar-refractivity contribution in [2.45, 2.75) is 53.4 Å². The van der Waals surface area contributed by atoms with E-state index in [1.165, 1.54) is 4.88 Å². The molecule has 1 atom stereocenters. The number of amides is 1. The fraction of sp³-hybridized carbons (Fsp3) is 0.579. The molecule has 2 aromatic heterocycles. The molecule has 5 nitrogen and oxygen atoms in total. The Morgan fingerprint density at radius 2 is 2.04 bits per heavy atom. The quantitative estimate of drug-likeness (QED) is 0.815. The number of carbonyl (C=O) groups excluding carboxylic acids is 1. The highest BCUT2D eigenvalue weighted by molar-refractivity contribution is 7.14. The lowest BCUT2D eigenvalue weighted by molar-refractivity contribution is -0.140. The van der Waals surface area contributed by atoms with Gasteiger partial charge in [-0.25, -0.2) is 15.0 Å². The summed E-state index contributed by atoms with van der Waals surface area (Å²) in [6.45, 7) is 11.5. The van der Waals surface area contributed by atoms with E-state index in [4.69, 9.17) is 0 Å². The highest BCUT2D eigenvalue weighted by Gasteiger charge is 2.32. The van der Waals surface area contributed by atoms with Crippen molar-refractivity contribution in [3.05, 3.63) is 28.7 Å². The van der Waals surface area contributed by atoms with Gasteiger partial charge in [-0.05, 0) is 32.8 Å². The number of rotatable bonds is 2. The van der Waals surface area contributed by atoms with Crippen LogP contribution in [0.25, 0.3) is 10.7 Å². The van der Waals surface area contributed by atoms with Crippen molar-refractivity contribution in [3.8, 4) is 10.7 Å². The molecule has 0 aromatic carbocycles. The molecule has 3 heterocycles. The first-order valence-corrected chi connectivity index (χ1v) is 9.63. The van der Waals surface area contributed by atoms with Crippen LogP contribution in [0.5, 0.6) is 0 Å². The van der Waals surface area contributed by atoms with E-state index in [2.05, 4.69) is 21.0 Å². The minimum atomic E-state index is -0.340. The van der Waals surface area contributed by atoms with Gasteiger partial charge in [0.15, 0.2) is 0 Å². The largest absolute Gasteiger partial charge is 0.342 e. The van der Waals surface area contributed by atoms with Crippen LogP contribution >= 0.6 is 11.3 Å². The minimum absolute atomic E-state index is 0.221. The number of nitrogens with zero attached hydrogens (tertiary/aromatic N) is 4. The molecule has 25 heavy (non-hydrogen) atoms. The van der Waals surface area contributed by atoms with Crippen LogP contribution in [0.15, 0.2) is 12.3 Å². The molecule has 1 aliphatic heterocycles. The average molecular weight is 359 g/mol. The second-order valence-corrected chi connectivity index (χ2v) is 9.08. The third kappa shape index (κ3) is 4.06. The Balaban J connectivity index is 1.86. The van der Waals surface area contributed by atoms with Crippen molar-refractivity contribution in [1.29, 1.82) is 0 Å². The van der Waals surface area contributed by atoms with Crippen molar-refractivity contribution in [2.24, 2.45) is 5.41 Å². The molecule has 1 amide bonds. The average Bonchev–Trinajstić information content (AvgIpc) is 2.99.